The summed E-state index contributed by atoms with van der Waals surface area (Å²) in [6, 6.07) is 15.6. The molecule has 0 bridgehead atoms. The first-order chi connectivity index (χ1) is 17.3. The normalized spacial score (nSPS) is 12.2. The molecule has 0 unspecified atom stereocenters. The Morgan fingerprint density at radius 1 is 0.571 bits per heavy atom. The summed E-state index contributed by atoms with van der Waals surface area (Å²) in [5.74, 6) is 1.66. The minimum absolute atomic E-state index is 0.161. The van der Waals surface area contributed by atoms with Crippen molar-refractivity contribution in [1.82, 2.24) is 0 Å². The van der Waals surface area contributed by atoms with E-state index in [9.17, 15) is 4.79 Å². The summed E-state index contributed by atoms with van der Waals surface area (Å²) in [7, 11) is 0. The Labute approximate surface area is 214 Å². The minimum atomic E-state index is 0.161. The third kappa shape index (κ3) is 9.35. The average Bonchev–Trinajstić information content (AvgIpc) is 2.88. The molecule has 1 aliphatic heterocycles. The van der Waals surface area contributed by atoms with E-state index >= 15 is 0 Å². The van der Waals surface area contributed by atoms with E-state index < -0.39 is 0 Å². The number of hydrogen-bond acceptors (Lipinski definition) is 2. The summed E-state index contributed by atoms with van der Waals surface area (Å²) in [6.07, 6.45) is 23.5. The lowest BCUT2D eigenvalue weighted by Gasteiger charge is -2.31. The van der Waals surface area contributed by atoms with E-state index in [0.29, 0.717) is 6.42 Å². The molecule has 0 N–H and O–H groups in total. The van der Waals surface area contributed by atoms with Crippen LogP contribution in [0.4, 0.5) is 11.4 Å². The Hall–Kier alpha value is -2.29. The number of unbranched alkanes of at least 4 members (excludes halogenated alkanes) is 16. The molecule has 192 valence electrons. The van der Waals surface area contributed by atoms with Gasteiger partial charge in [-0.25, -0.2) is 0 Å². The highest BCUT2D eigenvalue weighted by Crippen LogP contribution is 2.46. The third-order valence-electron chi connectivity index (χ3n) is 7.18. The summed E-state index contributed by atoms with van der Waals surface area (Å²) >= 11 is 0. The van der Waals surface area contributed by atoms with Crippen LogP contribution in [-0.4, -0.2) is 5.91 Å². The SMILES string of the molecule is CCCCCCCCCCCCCCCCCCCC(=O)N1c2ccccc2Oc2ccccc21. The van der Waals surface area contributed by atoms with Gasteiger partial charge in [0.05, 0.1) is 11.4 Å². The Balaban J connectivity index is 1.21. The summed E-state index contributed by atoms with van der Waals surface area (Å²) in [5.41, 5.74) is 1.70. The van der Waals surface area contributed by atoms with E-state index in [1.54, 1.807) is 0 Å². The van der Waals surface area contributed by atoms with Crippen molar-refractivity contribution in [3.63, 3.8) is 0 Å². The third-order valence-corrected chi connectivity index (χ3v) is 7.18. The van der Waals surface area contributed by atoms with Crippen LogP contribution in [0.25, 0.3) is 0 Å². The molecular formula is C32H47NO2. The first-order valence-electron chi connectivity index (χ1n) is 14.5. The van der Waals surface area contributed by atoms with Crippen molar-refractivity contribution in [2.45, 2.75) is 122 Å². The van der Waals surface area contributed by atoms with Crippen LogP contribution in [0, 0.1) is 0 Å². The zero-order chi connectivity index (χ0) is 24.6. The topological polar surface area (TPSA) is 29.5 Å². The number of rotatable bonds is 18. The lowest BCUT2D eigenvalue weighted by atomic mass is 10.0. The van der Waals surface area contributed by atoms with Gasteiger partial charge in [0.2, 0.25) is 5.91 Å². The molecule has 0 fully saturated rings. The second-order valence-electron chi connectivity index (χ2n) is 10.2. The van der Waals surface area contributed by atoms with Gasteiger partial charge < -0.3 is 4.74 Å². The molecule has 0 atom stereocenters. The van der Waals surface area contributed by atoms with Gasteiger partial charge in [0.25, 0.3) is 0 Å². The minimum Gasteiger partial charge on any atom is -0.453 e. The van der Waals surface area contributed by atoms with Crippen molar-refractivity contribution >= 4 is 17.3 Å². The monoisotopic (exact) mass is 477 g/mol. The van der Waals surface area contributed by atoms with E-state index in [0.717, 1.165) is 35.7 Å². The first-order valence-corrected chi connectivity index (χ1v) is 14.5. The van der Waals surface area contributed by atoms with Gasteiger partial charge in [0, 0.05) is 6.42 Å². The first kappa shape index (κ1) is 27.3. The zero-order valence-electron chi connectivity index (χ0n) is 22.1. The van der Waals surface area contributed by atoms with Gasteiger partial charge in [-0.15, -0.1) is 0 Å². The maximum absolute atomic E-state index is 13.2. The van der Waals surface area contributed by atoms with Crippen LogP contribution in [0.3, 0.4) is 0 Å². The number of amides is 1. The summed E-state index contributed by atoms with van der Waals surface area (Å²) in [5, 5.41) is 0. The average molecular weight is 478 g/mol. The lowest BCUT2D eigenvalue weighted by Crippen LogP contribution is -2.28. The molecular weight excluding hydrogens is 430 g/mol. The maximum atomic E-state index is 13.2. The number of benzene rings is 2. The number of fused-ring (bicyclic) bond motifs is 2. The van der Waals surface area contributed by atoms with Crippen LogP contribution in [0.5, 0.6) is 11.5 Å². The van der Waals surface area contributed by atoms with E-state index in [4.69, 9.17) is 4.74 Å². The number of carbonyl (C=O) groups is 1. The van der Waals surface area contributed by atoms with E-state index in [-0.39, 0.29) is 5.91 Å². The van der Waals surface area contributed by atoms with E-state index in [2.05, 4.69) is 6.92 Å². The van der Waals surface area contributed by atoms with Crippen molar-refractivity contribution in [2.24, 2.45) is 0 Å². The number of anilines is 2. The standard InChI is InChI=1S/C32H47NO2/c1-2-3-4-5-6-7-8-9-10-11-12-13-14-15-16-17-18-27-32(34)33-28-23-19-21-25-30(28)35-31-26-22-20-24-29(31)33/h19-26H,2-18,27H2,1H3. The van der Waals surface area contributed by atoms with Crippen molar-refractivity contribution in [2.75, 3.05) is 4.90 Å². The second-order valence-corrected chi connectivity index (χ2v) is 10.2. The fourth-order valence-corrected chi connectivity index (χ4v) is 5.09. The summed E-state index contributed by atoms with van der Waals surface area (Å²) < 4.78 is 6.00. The lowest BCUT2D eigenvalue weighted by molar-refractivity contribution is -0.118. The number of ether oxygens (including phenoxy) is 1. The smallest absolute Gasteiger partial charge is 0.231 e. The van der Waals surface area contributed by atoms with Gasteiger partial charge in [0.15, 0.2) is 11.5 Å². The van der Waals surface area contributed by atoms with Gasteiger partial charge >= 0.3 is 0 Å². The van der Waals surface area contributed by atoms with Gasteiger partial charge in [-0.05, 0) is 30.7 Å². The van der Waals surface area contributed by atoms with E-state index in [1.165, 1.54) is 96.3 Å². The summed E-state index contributed by atoms with van der Waals surface area (Å²) in [4.78, 5) is 15.0. The molecule has 0 saturated heterocycles. The van der Waals surface area contributed by atoms with Crippen molar-refractivity contribution in [1.29, 1.82) is 0 Å². The van der Waals surface area contributed by atoms with Gasteiger partial charge in [-0.1, -0.05) is 134 Å². The Kier molecular flexibility index (Phi) is 12.8. The predicted molar refractivity (Wildman–Crippen MR) is 149 cm³/mol. The molecule has 3 nitrogen and oxygen atoms in total. The Bertz CT molecular complexity index is 817. The second kappa shape index (κ2) is 16.4. The van der Waals surface area contributed by atoms with Crippen molar-refractivity contribution in [3.8, 4) is 11.5 Å². The number of para-hydroxylation sites is 4. The maximum Gasteiger partial charge on any atom is 0.231 e. The van der Waals surface area contributed by atoms with Gasteiger partial charge in [0.1, 0.15) is 0 Å². The van der Waals surface area contributed by atoms with Crippen LogP contribution in [0.15, 0.2) is 48.5 Å². The predicted octanol–water partition coefficient (Wildman–Crippen LogP) is 10.5. The molecule has 1 amide bonds. The fraction of sp³-hybridized carbons (Fsp3) is 0.594. The largest absolute Gasteiger partial charge is 0.453 e. The molecule has 3 rings (SSSR count). The van der Waals surface area contributed by atoms with Crippen LogP contribution in [-0.2, 0) is 4.79 Å². The molecule has 35 heavy (non-hydrogen) atoms. The van der Waals surface area contributed by atoms with Crippen molar-refractivity contribution < 1.29 is 9.53 Å². The van der Waals surface area contributed by atoms with Crippen LogP contribution in [0.1, 0.15) is 122 Å². The molecule has 2 aromatic carbocycles. The van der Waals surface area contributed by atoms with Crippen molar-refractivity contribution in [3.05, 3.63) is 48.5 Å². The molecule has 1 heterocycles. The molecule has 0 radical (unpaired) electrons. The Morgan fingerprint density at radius 3 is 1.37 bits per heavy atom. The van der Waals surface area contributed by atoms with Crippen LogP contribution >= 0.6 is 0 Å². The number of carbonyl (C=O) groups excluding carboxylic acids is 1. The van der Waals surface area contributed by atoms with Gasteiger partial charge in [-0.2, -0.15) is 0 Å². The quantitative estimate of drug-likeness (QED) is 0.200. The molecule has 0 aromatic heterocycles. The van der Waals surface area contributed by atoms with Crippen LogP contribution < -0.4 is 9.64 Å². The highest BCUT2D eigenvalue weighted by molar-refractivity contribution is 6.04. The Morgan fingerprint density at radius 2 is 0.943 bits per heavy atom. The molecule has 0 spiro atoms. The van der Waals surface area contributed by atoms with Crippen LogP contribution in [0.2, 0.25) is 0 Å². The molecule has 0 saturated carbocycles. The highest BCUT2D eigenvalue weighted by atomic mass is 16.5. The number of nitrogens with zero attached hydrogens (tertiary/aromatic N) is 1. The fourth-order valence-electron chi connectivity index (χ4n) is 5.09. The summed E-state index contributed by atoms with van der Waals surface area (Å²) in [6.45, 7) is 2.29. The molecule has 3 heteroatoms. The molecule has 0 aliphatic carbocycles. The zero-order valence-corrected chi connectivity index (χ0v) is 22.1. The molecule has 1 aliphatic rings. The highest BCUT2D eigenvalue weighted by Gasteiger charge is 2.28. The van der Waals surface area contributed by atoms with E-state index in [1.807, 2.05) is 53.4 Å². The molecule has 2 aromatic rings. The number of hydrogen-bond donors (Lipinski definition) is 0. The van der Waals surface area contributed by atoms with Gasteiger partial charge in [-0.3, -0.25) is 9.69 Å².